The minimum absolute atomic E-state index is 0.112. The first-order valence-electron chi connectivity index (χ1n) is 4.30. The zero-order valence-corrected chi connectivity index (χ0v) is 7.58. The molecule has 0 spiro atoms. The molecule has 0 saturated heterocycles. The Kier molecular flexibility index (Phi) is 2.97. The van der Waals surface area contributed by atoms with E-state index in [1.807, 2.05) is 12.1 Å². The van der Waals surface area contributed by atoms with Crippen molar-refractivity contribution in [3.8, 4) is 5.75 Å². The summed E-state index contributed by atoms with van der Waals surface area (Å²) in [6, 6.07) is 7.15. The summed E-state index contributed by atoms with van der Waals surface area (Å²) in [5.74, 6) is 0.112. The van der Waals surface area contributed by atoms with E-state index < -0.39 is 0 Å². The highest BCUT2D eigenvalue weighted by Crippen LogP contribution is 2.26. The van der Waals surface area contributed by atoms with Crippen molar-refractivity contribution in [2.75, 3.05) is 18.0 Å². The van der Waals surface area contributed by atoms with Crippen LogP contribution >= 0.6 is 0 Å². The predicted molar refractivity (Wildman–Crippen MR) is 50.1 cm³/mol. The molecule has 0 amide bonds. The van der Waals surface area contributed by atoms with Gasteiger partial charge in [-0.25, -0.2) is 0 Å². The van der Waals surface area contributed by atoms with E-state index in [2.05, 4.69) is 18.7 Å². The van der Waals surface area contributed by atoms with Crippen molar-refractivity contribution in [2.45, 2.75) is 13.8 Å². The number of anilines is 1. The van der Waals surface area contributed by atoms with Gasteiger partial charge in [0.05, 0.1) is 5.69 Å². The van der Waals surface area contributed by atoms with Gasteiger partial charge in [-0.05, 0) is 26.0 Å². The zero-order valence-electron chi connectivity index (χ0n) is 7.58. The molecule has 2 heteroatoms. The smallest absolute Gasteiger partial charge is 0.201 e. The average Bonchev–Trinajstić information content (AvgIpc) is 2.10. The van der Waals surface area contributed by atoms with Gasteiger partial charge in [0, 0.05) is 13.1 Å². The fourth-order valence-corrected chi connectivity index (χ4v) is 1.28. The number of hydrogen-bond acceptors (Lipinski definition) is 1. The van der Waals surface area contributed by atoms with E-state index in [0.29, 0.717) is 0 Å². The Bertz CT molecular complexity index is 243. The first kappa shape index (κ1) is 8.91. The summed E-state index contributed by atoms with van der Waals surface area (Å²) in [6.45, 7) is 5.87. The van der Waals surface area contributed by atoms with Gasteiger partial charge in [-0.15, -0.1) is 0 Å². The third kappa shape index (κ3) is 1.70. The topological polar surface area (TPSA) is 23.1 Å². The summed E-state index contributed by atoms with van der Waals surface area (Å²) in [5.41, 5.74) is 0.808. The van der Waals surface area contributed by atoms with Crippen LogP contribution in [-0.4, -0.2) is 13.1 Å². The van der Waals surface area contributed by atoms with Crippen molar-refractivity contribution in [2.24, 2.45) is 0 Å². The van der Waals surface area contributed by atoms with Crippen molar-refractivity contribution in [3.63, 3.8) is 0 Å². The lowest BCUT2D eigenvalue weighted by Gasteiger charge is -2.20. The van der Waals surface area contributed by atoms with Crippen molar-refractivity contribution in [1.29, 1.82) is 0 Å². The van der Waals surface area contributed by atoms with Gasteiger partial charge in [-0.3, -0.25) is 5.11 Å². The van der Waals surface area contributed by atoms with Gasteiger partial charge in [0.1, 0.15) is 0 Å². The van der Waals surface area contributed by atoms with Crippen LogP contribution in [0.25, 0.3) is 0 Å². The molecule has 12 heavy (non-hydrogen) atoms. The maximum atomic E-state index is 11.3. The first-order valence-corrected chi connectivity index (χ1v) is 4.30. The lowest BCUT2D eigenvalue weighted by atomic mass is 10.2. The minimum atomic E-state index is 0.112. The van der Waals surface area contributed by atoms with Crippen molar-refractivity contribution in [1.82, 2.24) is 0 Å². The van der Waals surface area contributed by atoms with Gasteiger partial charge >= 0.3 is 0 Å². The summed E-state index contributed by atoms with van der Waals surface area (Å²) in [7, 11) is 0. The van der Waals surface area contributed by atoms with Gasteiger partial charge < -0.3 is 4.90 Å². The van der Waals surface area contributed by atoms with Crippen molar-refractivity contribution < 1.29 is 5.11 Å². The number of nitrogens with zero attached hydrogens (tertiary/aromatic N) is 1. The second-order valence-electron chi connectivity index (χ2n) is 2.64. The second-order valence-corrected chi connectivity index (χ2v) is 2.64. The number of para-hydroxylation sites is 2. The Morgan fingerprint density at radius 2 is 1.75 bits per heavy atom. The van der Waals surface area contributed by atoms with Crippen molar-refractivity contribution >= 4 is 5.69 Å². The highest BCUT2D eigenvalue weighted by atomic mass is 16.3. The van der Waals surface area contributed by atoms with E-state index in [-0.39, 0.29) is 5.75 Å². The highest BCUT2D eigenvalue weighted by molar-refractivity contribution is 5.57. The number of benzene rings is 1. The van der Waals surface area contributed by atoms with Gasteiger partial charge in [0.25, 0.3) is 0 Å². The quantitative estimate of drug-likeness (QED) is 0.673. The predicted octanol–water partition coefficient (Wildman–Crippen LogP) is 2.68. The molecule has 0 atom stereocenters. The molecule has 1 aromatic rings. The molecule has 0 aromatic heterocycles. The van der Waals surface area contributed by atoms with Crippen LogP contribution in [-0.2, 0) is 5.11 Å². The molecular weight excluding hydrogens is 150 g/mol. The molecule has 1 radical (unpaired) electrons. The monoisotopic (exact) mass is 164 g/mol. The Morgan fingerprint density at radius 3 is 2.25 bits per heavy atom. The Hall–Kier alpha value is -1.18. The third-order valence-corrected chi connectivity index (χ3v) is 1.97. The second kappa shape index (κ2) is 4.00. The average molecular weight is 164 g/mol. The van der Waals surface area contributed by atoms with Crippen LogP contribution in [0.2, 0.25) is 0 Å². The third-order valence-electron chi connectivity index (χ3n) is 1.97. The molecule has 0 heterocycles. The molecule has 0 fully saturated rings. The summed E-state index contributed by atoms with van der Waals surface area (Å²) in [5, 5.41) is 11.3. The normalized spacial score (nSPS) is 9.83. The Labute approximate surface area is 73.4 Å². The molecule has 0 saturated carbocycles. The molecule has 0 aliphatic carbocycles. The first-order chi connectivity index (χ1) is 5.79. The molecule has 65 valence electrons. The fourth-order valence-electron chi connectivity index (χ4n) is 1.28. The van der Waals surface area contributed by atoms with Crippen LogP contribution < -0.4 is 4.90 Å². The summed E-state index contributed by atoms with van der Waals surface area (Å²) in [4.78, 5) is 2.06. The molecule has 0 unspecified atom stereocenters. The maximum Gasteiger partial charge on any atom is 0.201 e. The van der Waals surface area contributed by atoms with E-state index in [1.54, 1.807) is 12.1 Å². The van der Waals surface area contributed by atoms with Gasteiger partial charge in [0.15, 0.2) is 0 Å². The van der Waals surface area contributed by atoms with E-state index in [0.717, 1.165) is 18.8 Å². The van der Waals surface area contributed by atoms with Crippen LogP contribution in [0.5, 0.6) is 5.75 Å². The lowest BCUT2D eigenvalue weighted by Crippen LogP contribution is -2.21. The van der Waals surface area contributed by atoms with Gasteiger partial charge in [-0.2, -0.15) is 0 Å². The van der Waals surface area contributed by atoms with Crippen LogP contribution in [0.4, 0.5) is 5.69 Å². The van der Waals surface area contributed by atoms with Crippen LogP contribution in [0.15, 0.2) is 24.3 Å². The molecule has 2 nitrogen and oxygen atoms in total. The summed E-state index contributed by atoms with van der Waals surface area (Å²) >= 11 is 0. The van der Waals surface area contributed by atoms with Crippen LogP contribution in [0.1, 0.15) is 13.8 Å². The van der Waals surface area contributed by atoms with E-state index in [1.165, 1.54) is 0 Å². The molecule has 0 N–H and O–H groups in total. The number of hydrogen-bond donors (Lipinski definition) is 0. The lowest BCUT2D eigenvalue weighted by molar-refractivity contribution is 0.355. The molecule has 1 rings (SSSR count). The number of rotatable bonds is 3. The molecule has 0 bridgehead atoms. The van der Waals surface area contributed by atoms with Crippen LogP contribution in [0.3, 0.4) is 0 Å². The Balaban J connectivity index is 2.92. The van der Waals surface area contributed by atoms with E-state index in [9.17, 15) is 5.11 Å². The van der Waals surface area contributed by atoms with Crippen LogP contribution in [0, 0.1) is 0 Å². The van der Waals surface area contributed by atoms with E-state index >= 15 is 0 Å². The molecule has 0 aliphatic heterocycles. The zero-order chi connectivity index (χ0) is 8.97. The maximum absolute atomic E-state index is 11.3. The van der Waals surface area contributed by atoms with Crippen molar-refractivity contribution in [3.05, 3.63) is 24.3 Å². The molecule has 0 aliphatic rings. The van der Waals surface area contributed by atoms with Gasteiger partial charge in [0.2, 0.25) is 5.75 Å². The summed E-state index contributed by atoms with van der Waals surface area (Å²) < 4.78 is 0. The molecular formula is C10H14NO. The molecule has 1 aromatic carbocycles. The van der Waals surface area contributed by atoms with Gasteiger partial charge in [-0.1, -0.05) is 12.1 Å². The highest BCUT2D eigenvalue weighted by Gasteiger charge is 2.06. The summed E-state index contributed by atoms with van der Waals surface area (Å²) in [6.07, 6.45) is 0. The SMILES string of the molecule is CCN(CC)c1ccccc1[O]. The fraction of sp³-hybridized carbons (Fsp3) is 0.400. The standard InChI is InChI=1S/C10H14NO/c1-3-11(4-2)9-7-5-6-8-10(9)12/h5-8H,3-4H2,1-2H3. The Morgan fingerprint density at radius 1 is 1.17 bits per heavy atom. The van der Waals surface area contributed by atoms with E-state index in [4.69, 9.17) is 0 Å². The minimum Gasteiger partial charge on any atom is -0.369 e. The largest absolute Gasteiger partial charge is 0.369 e.